The molecule has 1 atom stereocenters. The molecule has 17 heavy (non-hydrogen) atoms. The largest absolute Gasteiger partial charge is 0.379 e. The van der Waals surface area contributed by atoms with Crippen molar-refractivity contribution in [3.05, 3.63) is 22.4 Å². The van der Waals surface area contributed by atoms with Gasteiger partial charge in [-0.3, -0.25) is 4.90 Å². The lowest BCUT2D eigenvalue weighted by molar-refractivity contribution is -0.0985. The van der Waals surface area contributed by atoms with Crippen LogP contribution in [-0.4, -0.2) is 50.3 Å². The Kier molecular flexibility index (Phi) is 3.21. The quantitative estimate of drug-likeness (QED) is 0.878. The van der Waals surface area contributed by atoms with Crippen LogP contribution in [0.3, 0.4) is 0 Å². The number of hydrogen-bond donors (Lipinski definition) is 1. The van der Waals surface area contributed by atoms with Crippen molar-refractivity contribution in [1.82, 2.24) is 10.2 Å². The summed E-state index contributed by atoms with van der Waals surface area (Å²) in [4.78, 5) is 4.11. The fraction of sp³-hybridized carbons (Fsp3) is 0.692. The van der Waals surface area contributed by atoms with E-state index in [0.717, 1.165) is 39.4 Å². The zero-order valence-corrected chi connectivity index (χ0v) is 11.1. The van der Waals surface area contributed by atoms with E-state index in [4.69, 9.17) is 4.74 Å². The maximum Gasteiger partial charge on any atom is 0.0666 e. The third-order valence-corrected chi connectivity index (χ3v) is 5.32. The maximum absolute atomic E-state index is 5.54. The SMILES string of the molecule is CC(N1CCNCC1)C1(c2cccs2)COC1. The third-order valence-electron chi connectivity index (χ3n) is 4.23. The minimum atomic E-state index is 0.255. The molecule has 0 radical (unpaired) electrons. The zero-order chi connectivity index (χ0) is 11.7. The van der Waals surface area contributed by atoms with Gasteiger partial charge in [0.15, 0.2) is 0 Å². The topological polar surface area (TPSA) is 24.5 Å². The van der Waals surface area contributed by atoms with Gasteiger partial charge in [0, 0.05) is 37.1 Å². The lowest BCUT2D eigenvalue weighted by Gasteiger charge is -2.50. The molecule has 3 nitrogen and oxygen atoms in total. The van der Waals surface area contributed by atoms with Gasteiger partial charge in [0.1, 0.15) is 0 Å². The Morgan fingerprint density at radius 3 is 2.71 bits per heavy atom. The molecular weight excluding hydrogens is 232 g/mol. The Labute approximate surface area is 107 Å². The van der Waals surface area contributed by atoms with Crippen molar-refractivity contribution >= 4 is 11.3 Å². The van der Waals surface area contributed by atoms with Gasteiger partial charge in [-0.1, -0.05) is 6.07 Å². The fourth-order valence-electron chi connectivity index (χ4n) is 2.89. The first kappa shape index (κ1) is 11.7. The molecule has 0 aliphatic carbocycles. The standard InChI is InChI=1S/C13H20N2OS/c1-11(15-6-4-14-5-7-15)13(9-16-10-13)12-3-2-8-17-12/h2-3,8,11,14H,4-7,9-10H2,1H3. The van der Waals surface area contributed by atoms with Gasteiger partial charge in [-0.2, -0.15) is 0 Å². The Morgan fingerprint density at radius 1 is 1.41 bits per heavy atom. The Bertz CT molecular complexity index is 356. The zero-order valence-electron chi connectivity index (χ0n) is 10.3. The van der Waals surface area contributed by atoms with Crippen LogP contribution in [0.5, 0.6) is 0 Å². The minimum Gasteiger partial charge on any atom is -0.379 e. The summed E-state index contributed by atoms with van der Waals surface area (Å²) >= 11 is 1.88. The third kappa shape index (κ3) is 1.93. The molecule has 2 aliphatic rings. The second-order valence-electron chi connectivity index (χ2n) is 5.09. The minimum absolute atomic E-state index is 0.255. The lowest BCUT2D eigenvalue weighted by Crippen LogP contribution is -2.62. The molecule has 2 saturated heterocycles. The average Bonchev–Trinajstić information content (AvgIpc) is 2.83. The Morgan fingerprint density at radius 2 is 2.18 bits per heavy atom. The van der Waals surface area contributed by atoms with Crippen LogP contribution in [0.25, 0.3) is 0 Å². The smallest absolute Gasteiger partial charge is 0.0666 e. The van der Waals surface area contributed by atoms with Gasteiger partial charge in [-0.05, 0) is 18.4 Å². The molecule has 2 aliphatic heterocycles. The molecule has 1 aromatic heterocycles. The van der Waals surface area contributed by atoms with Crippen LogP contribution in [-0.2, 0) is 10.2 Å². The number of nitrogens with one attached hydrogen (secondary N) is 1. The van der Waals surface area contributed by atoms with Crippen molar-refractivity contribution in [3.8, 4) is 0 Å². The van der Waals surface area contributed by atoms with E-state index in [0.29, 0.717) is 6.04 Å². The predicted octanol–water partition coefficient (Wildman–Crippen LogP) is 1.31. The van der Waals surface area contributed by atoms with Gasteiger partial charge in [-0.25, -0.2) is 0 Å². The van der Waals surface area contributed by atoms with Gasteiger partial charge in [0.2, 0.25) is 0 Å². The average molecular weight is 252 g/mol. The van der Waals surface area contributed by atoms with Crippen LogP contribution < -0.4 is 5.32 Å². The first-order valence-electron chi connectivity index (χ1n) is 6.39. The molecule has 0 saturated carbocycles. The highest BCUT2D eigenvalue weighted by Gasteiger charge is 2.48. The summed E-state index contributed by atoms with van der Waals surface area (Å²) < 4.78 is 5.54. The van der Waals surface area contributed by atoms with Crippen LogP contribution >= 0.6 is 11.3 Å². The second-order valence-corrected chi connectivity index (χ2v) is 6.04. The maximum atomic E-state index is 5.54. The molecule has 1 unspecified atom stereocenters. The molecule has 0 spiro atoms. The molecule has 0 amide bonds. The van der Waals surface area contributed by atoms with Gasteiger partial charge >= 0.3 is 0 Å². The molecule has 3 heterocycles. The molecule has 1 aromatic rings. The molecule has 1 N–H and O–H groups in total. The van der Waals surface area contributed by atoms with Crippen molar-refractivity contribution in [1.29, 1.82) is 0 Å². The molecule has 4 heteroatoms. The van der Waals surface area contributed by atoms with E-state index in [1.54, 1.807) is 0 Å². The van der Waals surface area contributed by atoms with Gasteiger partial charge in [-0.15, -0.1) is 11.3 Å². The highest BCUT2D eigenvalue weighted by Crippen LogP contribution is 2.40. The van der Waals surface area contributed by atoms with Crippen LogP contribution in [0, 0.1) is 0 Å². The monoisotopic (exact) mass is 252 g/mol. The summed E-state index contributed by atoms with van der Waals surface area (Å²) in [5.74, 6) is 0. The van der Waals surface area contributed by atoms with E-state index in [2.05, 4.69) is 34.7 Å². The van der Waals surface area contributed by atoms with Crippen molar-refractivity contribution in [3.63, 3.8) is 0 Å². The molecule has 0 aromatic carbocycles. The van der Waals surface area contributed by atoms with Crippen molar-refractivity contribution in [2.24, 2.45) is 0 Å². The van der Waals surface area contributed by atoms with E-state index >= 15 is 0 Å². The molecule has 94 valence electrons. The first-order valence-corrected chi connectivity index (χ1v) is 7.27. The molecule has 0 bridgehead atoms. The van der Waals surface area contributed by atoms with Crippen LogP contribution in [0.4, 0.5) is 0 Å². The normalized spacial score (nSPS) is 26.4. The van der Waals surface area contributed by atoms with Crippen LogP contribution in [0.15, 0.2) is 17.5 Å². The number of piperazine rings is 1. The lowest BCUT2D eigenvalue weighted by atomic mass is 9.76. The van der Waals surface area contributed by atoms with E-state index in [-0.39, 0.29) is 5.41 Å². The summed E-state index contributed by atoms with van der Waals surface area (Å²) in [7, 11) is 0. The summed E-state index contributed by atoms with van der Waals surface area (Å²) in [5.41, 5.74) is 0.255. The van der Waals surface area contributed by atoms with E-state index in [1.807, 2.05) is 11.3 Å². The van der Waals surface area contributed by atoms with E-state index in [1.165, 1.54) is 4.88 Å². The van der Waals surface area contributed by atoms with Gasteiger partial charge < -0.3 is 10.1 Å². The number of rotatable bonds is 3. The molecule has 2 fully saturated rings. The van der Waals surface area contributed by atoms with E-state index < -0.39 is 0 Å². The Balaban J connectivity index is 1.80. The highest BCUT2D eigenvalue weighted by atomic mass is 32.1. The molecular formula is C13H20N2OS. The summed E-state index contributed by atoms with van der Waals surface area (Å²) in [6, 6.07) is 5.01. The van der Waals surface area contributed by atoms with Crippen molar-refractivity contribution in [2.75, 3.05) is 39.4 Å². The van der Waals surface area contributed by atoms with Gasteiger partial charge in [0.25, 0.3) is 0 Å². The molecule has 3 rings (SSSR count). The van der Waals surface area contributed by atoms with Crippen molar-refractivity contribution in [2.45, 2.75) is 18.4 Å². The van der Waals surface area contributed by atoms with Crippen LogP contribution in [0.2, 0.25) is 0 Å². The number of nitrogens with zero attached hydrogens (tertiary/aromatic N) is 1. The fourth-order valence-corrected chi connectivity index (χ4v) is 3.88. The predicted molar refractivity (Wildman–Crippen MR) is 70.7 cm³/mol. The Hall–Kier alpha value is -0.420. The second kappa shape index (κ2) is 4.69. The number of ether oxygens (including phenoxy) is 1. The van der Waals surface area contributed by atoms with Crippen molar-refractivity contribution < 1.29 is 4.74 Å². The number of hydrogen-bond acceptors (Lipinski definition) is 4. The first-order chi connectivity index (χ1) is 8.33. The number of thiophene rings is 1. The van der Waals surface area contributed by atoms with E-state index in [9.17, 15) is 0 Å². The summed E-state index contributed by atoms with van der Waals surface area (Å²) in [6.07, 6.45) is 0. The summed E-state index contributed by atoms with van der Waals surface area (Å²) in [5, 5.41) is 5.60. The summed E-state index contributed by atoms with van der Waals surface area (Å²) in [6.45, 7) is 8.70. The highest BCUT2D eigenvalue weighted by molar-refractivity contribution is 7.10. The van der Waals surface area contributed by atoms with Crippen LogP contribution in [0.1, 0.15) is 11.8 Å². The van der Waals surface area contributed by atoms with Gasteiger partial charge in [0.05, 0.1) is 18.6 Å².